The molecule has 1 aromatic heterocycles. The molecule has 1 aromatic rings. The molecule has 18 heavy (non-hydrogen) atoms. The standard InChI is InChI=1S/C12H22N4O2/c1-3-6-13-9(2)11-14-15-12(18-11)16-7-4-5-10(16)8-17/h9-10,13,17H,3-8H2,1-2H3. The Labute approximate surface area is 107 Å². The number of hydrogen-bond donors (Lipinski definition) is 2. The molecule has 1 aliphatic rings. The van der Waals surface area contributed by atoms with Crippen molar-refractivity contribution in [1.82, 2.24) is 15.5 Å². The minimum absolute atomic E-state index is 0.0707. The second kappa shape index (κ2) is 6.15. The molecule has 2 atom stereocenters. The maximum absolute atomic E-state index is 9.29. The van der Waals surface area contributed by atoms with E-state index in [-0.39, 0.29) is 18.7 Å². The molecule has 2 N–H and O–H groups in total. The highest BCUT2D eigenvalue weighted by Crippen LogP contribution is 2.25. The quantitative estimate of drug-likeness (QED) is 0.791. The molecule has 6 nitrogen and oxygen atoms in total. The highest BCUT2D eigenvalue weighted by molar-refractivity contribution is 5.29. The molecule has 1 saturated heterocycles. The van der Waals surface area contributed by atoms with Gasteiger partial charge in [0.1, 0.15) is 0 Å². The molecule has 2 heterocycles. The van der Waals surface area contributed by atoms with Gasteiger partial charge < -0.3 is 19.7 Å². The molecule has 0 amide bonds. The molecular formula is C12H22N4O2. The van der Waals surface area contributed by atoms with Crippen molar-refractivity contribution >= 4 is 6.01 Å². The van der Waals surface area contributed by atoms with E-state index < -0.39 is 0 Å². The number of rotatable bonds is 6. The van der Waals surface area contributed by atoms with Gasteiger partial charge in [-0.3, -0.25) is 0 Å². The fourth-order valence-corrected chi connectivity index (χ4v) is 2.24. The van der Waals surface area contributed by atoms with Crippen molar-refractivity contribution in [3.05, 3.63) is 5.89 Å². The van der Waals surface area contributed by atoms with Crippen molar-refractivity contribution in [2.45, 2.75) is 45.2 Å². The van der Waals surface area contributed by atoms with E-state index in [1.165, 1.54) is 0 Å². The van der Waals surface area contributed by atoms with Gasteiger partial charge in [-0.05, 0) is 32.7 Å². The molecule has 102 valence electrons. The predicted molar refractivity (Wildman–Crippen MR) is 68.5 cm³/mol. The van der Waals surface area contributed by atoms with Crippen LogP contribution in [-0.2, 0) is 0 Å². The first-order chi connectivity index (χ1) is 8.76. The summed E-state index contributed by atoms with van der Waals surface area (Å²) >= 11 is 0. The Hall–Kier alpha value is -1.14. The fraction of sp³-hybridized carbons (Fsp3) is 0.833. The smallest absolute Gasteiger partial charge is 0.318 e. The Morgan fingerprint density at radius 3 is 3.11 bits per heavy atom. The lowest BCUT2D eigenvalue weighted by Crippen LogP contribution is -2.32. The van der Waals surface area contributed by atoms with Crippen molar-refractivity contribution in [2.24, 2.45) is 0 Å². The van der Waals surface area contributed by atoms with E-state index in [1.54, 1.807) is 0 Å². The summed E-state index contributed by atoms with van der Waals surface area (Å²) in [5.74, 6) is 0.613. The number of nitrogens with one attached hydrogen (secondary N) is 1. The van der Waals surface area contributed by atoms with Crippen LogP contribution in [0, 0.1) is 0 Å². The number of aromatic nitrogens is 2. The van der Waals surface area contributed by atoms with Crippen LogP contribution in [0.5, 0.6) is 0 Å². The monoisotopic (exact) mass is 254 g/mol. The molecule has 0 saturated carbocycles. The van der Waals surface area contributed by atoms with E-state index in [1.807, 2.05) is 11.8 Å². The molecule has 0 aromatic carbocycles. The van der Waals surface area contributed by atoms with Gasteiger partial charge in [-0.1, -0.05) is 12.0 Å². The second-order valence-corrected chi connectivity index (χ2v) is 4.77. The maximum Gasteiger partial charge on any atom is 0.318 e. The van der Waals surface area contributed by atoms with Crippen LogP contribution in [0.4, 0.5) is 6.01 Å². The maximum atomic E-state index is 9.29. The van der Waals surface area contributed by atoms with Crippen molar-refractivity contribution in [1.29, 1.82) is 0 Å². The third-order valence-electron chi connectivity index (χ3n) is 3.33. The lowest BCUT2D eigenvalue weighted by Gasteiger charge is -2.19. The first kappa shape index (κ1) is 13.3. The normalized spacial score (nSPS) is 21.5. The van der Waals surface area contributed by atoms with E-state index >= 15 is 0 Å². The Morgan fingerprint density at radius 1 is 1.56 bits per heavy atom. The van der Waals surface area contributed by atoms with Crippen molar-refractivity contribution in [3.63, 3.8) is 0 Å². The van der Waals surface area contributed by atoms with Crippen molar-refractivity contribution in [2.75, 3.05) is 24.6 Å². The third-order valence-corrected chi connectivity index (χ3v) is 3.33. The highest BCUT2D eigenvalue weighted by atomic mass is 16.4. The summed E-state index contributed by atoms with van der Waals surface area (Å²) < 4.78 is 5.69. The van der Waals surface area contributed by atoms with Gasteiger partial charge in [0, 0.05) is 6.54 Å². The summed E-state index contributed by atoms with van der Waals surface area (Å²) in [4.78, 5) is 2.00. The molecular weight excluding hydrogens is 232 g/mol. The number of aliphatic hydroxyl groups excluding tert-OH is 1. The van der Waals surface area contributed by atoms with Gasteiger partial charge >= 0.3 is 6.01 Å². The fourth-order valence-electron chi connectivity index (χ4n) is 2.24. The van der Waals surface area contributed by atoms with Crippen LogP contribution in [0.25, 0.3) is 0 Å². The summed E-state index contributed by atoms with van der Waals surface area (Å²) in [6, 6.07) is 0.727. The van der Waals surface area contributed by atoms with Crippen LogP contribution in [-0.4, -0.2) is 41.0 Å². The molecule has 0 aliphatic carbocycles. The van der Waals surface area contributed by atoms with Crippen LogP contribution in [0.15, 0.2) is 4.42 Å². The molecule has 6 heteroatoms. The molecule has 1 fully saturated rings. The molecule has 1 aliphatic heterocycles. The average Bonchev–Trinajstić information content (AvgIpc) is 3.02. The van der Waals surface area contributed by atoms with Crippen LogP contribution in [0.1, 0.15) is 45.0 Å². The van der Waals surface area contributed by atoms with Crippen LogP contribution >= 0.6 is 0 Å². The van der Waals surface area contributed by atoms with Crippen molar-refractivity contribution in [3.8, 4) is 0 Å². The zero-order chi connectivity index (χ0) is 13.0. The zero-order valence-electron chi connectivity index (χ0n) is 11.1. The lowest BCUT2D eigenvalue weighted by atomic mass is 10.2. The number of aliphatic hydroxyl groups is 1. The Bertz CT molecular complexity index is 369. The largest absolute Gasteiger partial charge is 0.406 e. The second-order valence-electron chi connectivity index (χ2n) is 4.77. The lowest BCUT2D eigenvalue weighted by molar-refractivity contribution is 0.262. The number of nitrogens with zero attached hydrogens (tertiary/aromatic N) is 3. The molecule has 2 rings (SSSR count). The highest BCUT2D eigenvalue weighted by Gasteiger charge is 2.28. The van der Waals surface area contributed by atoms with Gasteiger partial charge in [-0.25, -0.2) is 0 Å². The molecule has 0 radical (unpaired) electrons. The summed E-state index contributed by atoms with van der Waals surface area (Å²) in [6.07, 6.45) is 3.12. The summed E-state index contributed by atoms with van der Waals surface area (Å²) in [7, 11) is 0. The summed E-state index contributed by atoms with van der Waals surface area (Å²) in [5.41, 5.74) is 0. The summed E-state index contributed by atoms with van der Waals surface area (Å²) in [5, 5.41) is 20.8. The first-order valence-electron chi connectivity index (χ1n) is 6.70. The minimum atomic E-state index is 0.0707. The van der Waals surface area contributed by atoms with E-state index in [0.717, 1.165) is 32.4 Å². The Balaban J connectivity index is 2.01. The Morgan fingerprint density at radius 2 is 2.39 bits per heavy atom. The Kier molecular flexibility index (Phi) is 4.54. The van der Waals surface area contributed by atoms with E-state index in [0.29, 0.717) is 11.9 Å². The van der Waals surface area contributed by atoms with Gasteiger partial charge in [0.25, 0.3) is 0 Å². The summed E-state index contributed by atoms with van der Waals surface area (Å²) in [6.45, 7) is 6.09. The SMILES string of the molecule is CCCNC(C)c1nnc(N2CCCC2CO)o1. The van der Waals surface area contributed by atoms with Crippen LogP contribution in [0.3, 0.4) is 0 Å². The minimum Gasteiger partial charge on any atom is -0.406 e. The van der Waals surface area contributed by atoms with Gasteiger partial charge in [0.05, 0.1) is 18.7 Å². The third kappa shape index (κ3) is 2.81. The number of anilines is 1. The van der Waals surface area contributed by atoms with Crippen LogP contribution < -0.4 is 10.2 Å². The van der Waals surface area contributed by atoms with Crippen LogP contribution in [0.2, 0.25) is 0 Å². The first-order valence-corrected chi connectivity index (χ1v) is 6.70. The molecule has 2 unspecified atom stereocenters. The van der Waals surface area contributed by atoms with E-state index in [4.69, 9.17) is 4.42 Å². The molecule has 0 bridgehead atoms. The predicted octanol–water partition coefficient (Wildman–Crippen LogP) is 1.09. The van der Waals surface area contributed by atoms with Gasteiger partial charge in [-0.2, -0.15) is 0 Å². The zero-order valence-corrected chi connectivity index (χ0v) is 11.1. The molecule has 0 spiro atoms. The topological polar surface area (TPSA) is 74.4 Å². The van der Waals surface area contributed by atoms with Gasteiger partial charge in [0.2, 0.25) is 5.89 Å². The average molecular weight is 254 g/mol. The van der Waals surface area contributed by atoms with E-state index in [9.17, 15) is 5.11 Å². The van der Waals surface area contributed by atoms with Gasteiger partial charge in [0.15, 0.2) is 0 Å². The van der Waals surface area contributed by atoms with Crippen molar-refractivity contribution < 1.29 is 9.52 Å². The van der Waals surface area contributed by atoms with E-state index in [2.05, 4.69) is 22.4 Å². The number of hydrogen-bond acceptors (Lipinski definition) is 6. The van der Waals surface area contributed by atoms with Gasteiger partial charge in [-0.15, -0.1) is 5.10 Å².